The van der Waals surface area contributed by atoms with E-state index < -0.39 is 0 Å². The molecule has 0 bridgehead atoms. The molecule has 0 amide bonds. The summed E-state index contributed by atoms with van der Waals surface area (Å²) in [4.78, 5) is 0. The predicted octanol–water partition coefficient (Wildman–Crippen LogP) is 3.79. The Hall–Kier alpha value is -1.02. The monoisotopic (exact) mass is 261 g/mol. The summed E-state index contributed by atoms with van der Waals surface area (Å²) in [6, 6.07) is 8.92. The summed E-state index contributed by atoms with van der Waals surface area (Å²) < 4.78 is 5.78. The molecule has 3 unspecified atom stereocenters. The molecule has 0 radical (unpaired) electrons. The van der Waals surface area contributed by atoms with Crippen LogP contribution in [0.2, 0.25) is 0 Å². The number of benzene rings is 1. The molecule has 0 aromatic heterocycles. The summed E-state index contributed by atoms with van der Waals surface area (Å²) in [6.45, 7) is 8.54. The van der Waals surface area contributed by atoms with Crippen molar-refractivity contribution in [3.05, 3.63) is 29.8 Å². The highest BCUT2D eigenvalue weighted by atomic mass is 16.5. The van der Waals surface area contributed by atoms with E-state index in [1.165, 1.54) is 24.8 Å². The first-order valence-corrected chi connectivity index (χ1v) is 7.59. The Kier molecular flexibility index (Phi) is 5.26. The highest BCUT2D eigenvalue weighted by Crippen LogP contribution is 2.29. The SMILES string of the molecule is Cc1cccc(OCCNC2CCCC(C)C2C)c1. The summed E-state index contributed by atoms with van der Waals surface area (Å²) >= 11 is 0. The molecule has 2 rings (SSSR count). The van der Waals surface area contributed by atoms with Crippen molar-refractivity contribution in [3.63, 3.8) is 0 Å². The van der Waals surface area contributed by atoms with Crippen molar-refractivity contribution in [1.82, 2.24) is 5.32 Å². The predicted molar refractivity (Wildman–Crippen MR) is 80.6 cm³/mol. The average Bonchev–Trinajstić information content (AvgIpc) is 2.39. The van der Waals surface area contributed by atoms with Gasteiger partial charge >= 0.3 is 0 Å². The van der Waals surface area contributed by atoms with Gasteiger partial charge in [0, 0.05) is 12.6 Å². The molecular formula is C17H27NO. The normalized spacial score (nSPS) is 27.2. The largest absolute Gasteiger partial charge is 0.492 e. The Bertz CT molecular complexity index is 391. The Balaban J connectivity index is 1.69. The second-order valence-corrected chi connectivity index (χ2v) is 5.99. The van der Waals surface area contributed by atoms with Gasteiger partial charge < -0.3 is 10.1 Å². The van der Waals surface area contributed by atoms with Crippen LogP contribution in [0.1, 0.15) is 38.7 Å². The molecule has 1 aliphatic rings. The average molecular weight is 261 g/mol. The molecule has 1 aliphatic carbocycles. The molecule has 0 heterocycles. The highest BCUT2D eigenvalue weighted by molar-refractivity contribution is 5.27. The molecule has 1 fully saturated rings. The fourth-order valence-electron chi connectivity index (χ4n) is 2.99. The van der Waals surface area contributed by atoms with E-state index in [-0.39, 0.29) is 0 Å². The first-order chi connectivity index (χ1) is 9.16. The summed E-state index contributed by atoms with van der Waals surface area (Å²) in [5.41, 5.74) is 1.25. The van der Waals surface area contributed by atoms with Crippen LogP contribution in [0.15, 0.2) is 24.3 Å². The Morgan fingerprint density at radius 1 is 1.26 bits per heavy atom. The summed E-state index contributed by atoms with van der Waals surface area (Å²) in [5, 5.41) is 3.66. The number of ether oxygens (including phenoxy) is 1. The van der Waals surface area contributed by atoms with E-state index in [9.17, 15) is 0 Å². The Morgan fingerprint density at radius 2 is 2.11 bits per heavy atom. The van der Waals surface area contributed by atoms with Gasteiger partial charge in [0.25, 0.3) is 0 Å². The van der Waals surface area contributed by atoms with Crippen molar-refractivity contribution in [3.8, 4) is 5.75 Å². The minimum atomic E-state index is 0.671. The van der Waals surface area contributed by atoms with Gasteiger partial charge in [0.05, 0.1) is 0 Å². The number of nitrogens with one attached hydrogen (secondary N) is 1. The first-order valence-electron chi connectivity index (χ1n) is 7.59. The van der Waals surface area contributed by atoms with Crippen LogP contribution in [0.3, 0.4) is 0 Å². The van der Waals surface area contributed by atoms with Crippen LogP contribution in [0.4, 0.5) is 0 Å². The lowest BCUT2D eigenvalue weighted by molar-refractivity contribution is 0.197. The van der Waals surface area contributed by atoms with Crippen LogP contribution in [-0.2, 0) is 0 Å². The van der Waals surface area contributed by atoms with Crippen LogP contribution in [0.25, 0.3) is 0 Å². The van der Waals surface area contributed by atoms with Crippen molar-refractivity contribution >= 4 is 0 Å². The second-order valence-electron chi connectivity index (χ2n) is 5.99. The minimum Gasteiger partial charge on any atom is -0.492 e. The molecule has 3 atom stereocenters. The minimum absolute atomic E-state index is 0.671. The van der Waals surface area contributed by atoms with Crippen molar-refractivity contribution < 1.29 is 4.74 Å². The van der Waals surface area contributed by atoms with E-state index in [1.54, 1.807) is 0 Å². The zero-order valence-electron chi connectivity index (χ0n) is 12.5. The van der Waals surface area contributed by atoms with Gasteiger partial charge in [0.1, 0.15) is 12.4 Å². The van der Waals surface area contributed by atoms with Crippen LogP contribution < -0.4 is 10.1 Å². The number of aryl methyl sites for hydroxylation is 1. The maximum absolute atomic E-state index is 5.78. The van der Waals surface area contributed by atoms with Crippen molar-refractivity contribution in [2.45, 2.75) is 46.1 Å². The summed E-state index contributed by atoms with van der Waals surface area (Å²) in [5.74, 6) is 2.61. The number of hydrogen-bond acceptors (Lipinski definition) is 2. The van der Waals surface area contributed by atoms with Crippen LogP contribution in [0, 0.1) is 18.8 Å². The molecule has 1 saturated carbocycles. The van der Waals surface area contributed by atoms with E-state index in [4.69, 9.17) is 4.74 Å². The molecule has 1 aromatic rings. The molecule has 1 N–H and O–H groups in total. The fourth-order valence-corrected chi connectivity index (χ4v) is 2.99. The van der Waals surface area contributed by atoms with Gasteiger partial charge in [-0.1, -0.05) is 38.8 Å². The van der Waals surface area contributed by atoms with Gasteiger partial charge in [0.2, 0.25) is 0 Å². The van der Waals surface area contributed by atoms with E-state index >= 15 is 0 Å². The maximum Gasteiger partial charge on any atom is 0.119 e. The molecule has 106 valence electrons. The van der Waals surface area contributed by atoms with E-state index in [0.29, 0.717) is 6.04 Å². The Labute approximate surface area is 117 Å². The van der Waals surface area contributed by atoms with Gasteiger partial charge in [-0.15, -0.1) is 0 Å². The molecule has 0 aliphatic heterocycles. The molecule has 0 spiro atoms. The first kappa shape index (κ1) is 14.4. The van der Waals surface area contributed by atoms with Gasteiger partial charge in [-0.3, -0.25) is 0 Å². The molecule has 19 heavy (non-hydrogen) atoms. The van der Waals surface area contributed by atoms with Gasteiger partial charge in [-0.2, -0.15) is 0 Å². The molecular weight excluding hydrogens is 234 g/mol. The van der Waals surface area contributed by atoms with Crippen molar-refractivity contribution in [2.75, 3.05) is 13.2 Å². The number of hydrogen-bond donors (Lipinski definition) is 1. The second kappa shape index (κ2) is 6.95. The van der Waals surface area contributed by atoms with Crippen LogP contribution in [0.5, 0.6) is 5.75 Å². The van der Waals surface area contributed by atoms with E-state index in [0.717, 1.165) is 30.7 Å². The molecule has 1 aromatic carbocycles. The fraction of sp³-hybridized carbons (Fsp3) is 0.647. The summed E-state index contributed by atoms with van der Waals surface area (Å²) in [6.07, 6.45) is 4.07. The molecule has 2 heteroatoms. The van der Waals surface area contributed by atoms with Crippen LogP contribution in [-0.4, -0.2) is 19.2 Å². The van der Waals surface area contributed by atoms with Crippen molar-refractivity contribution in [2.24, 2.45) is 11.8 Å². The smallest absolute Gasteiger partial charge is 0.119 e. The maximum atomic E-state index is 5.78. The number of rotatable bonds is 5. The van der Waals surface area contributed by atoms with Gasteiger partial charge in [0.15, 0.2) is 0 Å². The quantitative estimate of drug-likeness (QED) is 0.814. The highest BCUT2D eigenvalue weighted by Gasteiger charge is 2.26. The van der Waals surface area contributed by atoms with Crippen molar-refractivity contribution in [1.29, 1.82) is 0 Å². The Morgan fingerprint density at radius 3 is 2.89 bits per heavy atom. The third-order valence-electron chi connectivity index (χ3n) is 4.47. The third kappa shape index (κ3) is 4.24. The van der Waals surface area contributed by atoms with Gasteiger partial charge in [-0.05, 0) is 42.9 Å². The lowest BCUT2D eigenvalue weighted by Gasteiger charge is -2.34. The van der Waals surface area contributed by atoms with E-state index in [2.05, 4.69) is 38.2 Å². The van der Waals surface area contributed by atoms with E-state index in [1.807, 2.05) is 12.1 Å². The summed E-state index contributed by atoms with van der Waals surface area (Å²) in [7, 11) is 0. The van der Waals surface area contributed by atoms with Gasteiger partial charge in [-0.25, -0.2) is 0 Å². The molecule has 2 nitrogen and oxygen atoms in total. The topological polar surface area (TPSA) is 21.3 Å². The standard InChI is InChI=1S/C17H27NO/c1-13-6-4-8-16(12-13)19-11-10-18-17-9-5-7-14(2)15(17)3/h4,6,8,12,14-15,17-18H,5,7,9-11H2,1-3H3. The van der Waals surface area contributed by atoms with Crippen LogP contribution >= 0.6 is 0 Å². The lowest BCUT2D eigenvalue weighted by Crippen LogP contribution is -2.42. The lowest BCUT2D eigenvalue weighted by atomic mass is 9.78. The zero-order valence-corrected chi connectivity index (χ0v) is 12.5. The molecule has 0 saturated heterocycles. The third-order valence-corrected chi connectivity index (χ3v) is 4.47. The zero-order chi connectivity index (χ0) is 13.7.